The zero-order valence-corrected chi connectivity index (χ0v) is 29.0. The minimum atomic E-state index is 0.557. The molecule has 7 heteroatoms. The number of hydrogen-bond donors (Lipinski definition) is 0. The highest BCUT2D eigenvalue weighted by Gasteiger charge is 2.23. The van der Waals surface area contributed by atoms with Gasteiger partial charge in [-0.1, -0.05) is 115 Å². The number of hydrogen-bond acceptors (Lipinski definition) is 6. The molecular formula is C46H27N5OS. The molecule has 248 valence electrons. The van der Waals surface area contributed by atoms with E-state index in [0.717, 1.165) is 82.2 Å². The van der Waals surface area contributed by atoms with Crippen molar-refractivity contribution < 1.29 is 4.42 Å². The summed E-state index contributed by atoms with van der Waals surface area (Å²) < 4.78 is 11.1. The number of rotatable bonds is 5. The first-order chi connectivity index (χ1) is 26.3. The van der Waals surface area contributed by atoms with Gasteiger partial charge in [0.25, 0.3) is 0 Å². The molecule has 53 heavy (non-hydrogen) atoms. The van der Waals surface area contributed by atoms with Crippen molar-refractivity contribution in [3.63, 3.8) is 0 Å². The number of thiophene rings is 1. The summed E-state index contributed by atoms with van der Waals surface area (Å²) in [7, 11) is 0. The van der Waals surface area contributed by atoms with Crippen LogP contribution in [-0.2, 0) is 0 Å². The van der Waals surface area contributed by atoms with Crippen LogP contribution in [0.15, 0.2) is 168 Å². The van der Waals surface area contributed by atoms with Crippen LogP contribution in [0.5, 0.6) is 0 Å². The van der Waals surface area contributed by atoms with Gasteiger partial charge in [0.1, 0.15) is 17.0 Å². The van der Waals surface area contributed by atoms with Gasteiger partial charge >= 0.3 is 0 Å². The lowest BCUT2D eigenvalue weighted by molar-refractivity contribution is 0.669. The third kappa shape index (κ3) is 4.71. The molecule has 0 saturated heterocycles. The van der Waals surface area contributed by atoms with Crippen LogP contribution in [0.2, 0.25) is 0 Å². The van der Waals surface area contributed by atoms with Gasteiger partial charge in [0.2, 0.25) is 0 Å². The first-order valence-electron chi connectivity index (χ1n) is 17.5. The predicted octanol–water partition coefficient (Wildman–Crippen LogP) is 12.1. The number of imidazole rings is 1. The molecule has 0 radical (unpaired) electrons. The van der Waals surface area contributed by atoms with Gasteiger partial charge in [-0.05, 0) is 48.5 Å². The summed E-state index contributed by atoms with van der Waals surface area (Å²) in [6, 6.07) is 56.1. The fraction of sp³-hybridized carbons (Fsp3) is 0. The van der Waals surface area contributed by atoms with E-state index in [1.54, 1.807) is 11.3 Å². The molecule has 0 aliphatic heterocycles. The molecule has 4 aromatic heterocycles. The lowest BCUT2D eigenvalue weighted by Gasteiger charge is -2.12. The van der Waals surface area contributed by atoms with Crippen molar-refractivity contribution in [1.29, 1.82) is 0 Å². The van der Waals surface area contributed by atoms with Crippen molar-refractivity contribution in [2.45, 2.75) is 0 Å². The van der Waals surface area contributed by atoms with Gasteiger partial charge in [-0.3, -0.25) is 4.57 Å². The maximum Gasteiger partial charge on any atom is 0.167 e. The molecule has 0 aliphatic rings. The lowest BCUT2D eigenvalue weighted by atomic mass is 10.0. The van der Waals surface area contributed by atoms with E-state index in [4.69, 9.17) is 24.4 Å². The summed E-state index contributed by atoms with van der Waals surface area (Å²) in [6.07, 6.45) is 0. The summed E-state index contributed by atoms with van der Waals surface area (Å²) in [5.41, 5.74) is 8.35. The monoisotopic (exact) mass is 697 g/mol. The van der Waals surface area contributed by atoms with E-state index in [2.05, 4.69) is 95.6 Å². The van der Waals surface area contributed by atoms with Crippen molar-refractivity contribution >= 4 is 64.5 Å². The Kier molecular flexibility index (Phi) is 6.62. The summed E-state index contributed by atoms with van der Waals surface area (Å²) in [6.45, 7) is 0. The van der Waals surface area contributed by atoms with Crippen LogP contribution >= 0.6 is 11.3 Å². The van der Waals surface area contributed by atoms with Crippen LogP contribution in [0.4, 0.5) is 0 Å². The molecule has 0 N–H and O–H groups in total. The van der Waals surface area contributed by atoms with E-state index in [-0.39, 0.29) is 0 Å². The van der Waals surface area contributed by atoms with Gasteiger partial charge in [-0.25, -0.2) is 19.9 Å². The third-order valence-electron chi connectivity index (χ3n) is 9.89. The minimum absolute atomic E-state index is 0.557. The Morgan fingerprint density at radius 2 is 1.06 bits per heavy atom. The standard InChI is InChI=1S/C46H27N5OS/c1-3-14-28(15-4-1)43-48-44(50-45(49-43)34-22-11-19-31-30-18-7-10-25-37(30)52-42(31)34)32-20-12-26-38-40(32)41-33(21-13-27-39(41)53-38)46-47-35-23-8-9-24-36(35)51(46)29-16-5-2-6-17-29/h1-27H. The average Bonchev–Trinajstić information content (AvgIpc) is 3.93. The molecule has 6 nitrogen and oxygen atoms in total. The number of aromatic nitrogens is 5. The molecule has 0 bridgehead atoms. The second kappa shape index (κ2) is 11.8. The topological polar surface area (TPSA) is 69.6 Å². The molecule has 0 aliphatic carbocycles. The predicted molar refractivity (Wildman–Crippen MR) is 216 cm³/mol. The van der Waals surface area contributed by atoms with Gasteiger partial charge in [0.15, 0.2) is 17.5 Å². The van der Waals surface area contributed by atoms with Gasteiger partial charge in [-0.15, -0.1) is 11.3 Å². The fourth-order valence-electron chi connectivity index (χ4n) is 7.54. The van der Waals surface area contributed by atoms with Crippen LogP contribution in [0.25, 0.3) is 104 Å². The lowest BCUT2D eigenvalue weighted by Crippen LogP contribution is -2.01. The number of para-hydroxylation sites is 5. The number of nitrogens with zero attached hydrogens (tertiary/aromatic N) is 5. The smallest absolute Gasteiger partial charge is 0.167 e. The van der Waals surface area contributed by atoms with E-state index in [1.807, 2.05) is 72.8 Å². The van der Waals surface area contributed by atoms with E-state index in [1.165, 1.54) is 4.70 Å². The largest absolute Gasteiger partial charge is 0.455 e. The summed E-state index contributed by atoms with van der Waals surface area (Å²) in [5.74, 6) is 2.64. The second-order valence-electron chi connectivity index (χ2n) is 13.0. The van der Waals surface area contributed by atoms with E-state index < -0.39 is 0 Å². The van der Waals surface area contributed by atoms with Crippen LogP contribution in [0, 0.1) is 0 Å². The number of benzene rings is 7. The van der Waals surface area contributed by atoms with E-state index in [9.17, 15) is 0 Å². The molecule has 0 amide bonds. The van der Waals surface area contributed by atoms with Crippen molar-refractivity contribution in [2.75, 3.05) is 0 Å². The quantitative estimate of drug-likeness (QED) is 0.179. The van der Waals surface area contributed by atoms with Gasteiger partial charge in [0, 0.05) is 53.3 Å². The van der Waals surface area contributed by atoms with Crippen molar-refractivity contribution in [3.8, 4) is 51.2 Å². The Morgan fingerprint density at radius 1 is 0.453 bits per heavy atom. The van der Waals surface area contributed by atoms with Crippen LogP contribution in [-0.4, -0.2) is 24.5 Å². The molecule has 4 heterocycles. The van der Waals surface area contributed by atoms with Gasteiger partial charge < -0.3 is 4.42 Å². The molecular weight excluding hydrogens is 671 g/mol. The summed E-state index contributed by atoms with van der Waals surface area (Å²) in [4.78, 5) is 20.8. The molecule has 11 rings (SSSR count). The van der Waals surface area contributed by atoms with E-state index in [0.29, 0.717) is 17.5 Å². The van der Waals surface area contributed by atoms with Gasteiger partial charge in [0.05, 0.1) is 16.6 Å². The highest BCUT2D eigenvalue weighted by atomic mass is 32.1. The molecule has 0 unspecified atom stereocenters. The molecule has 7 aromatic carbocycles. The van der Waals surface area contributed by atoms with Crippen molar-refractivity contribution in [1.82, 2.24) is 24.5 Å². The van der Waals surface area contributed by atoms with Crippen LogP contribution in [0.3, 0.4) is 0 Å². The molecule has 0 atom stereocenters. The zero-order chi connectivity index (χ0) is 34.9. The van der Waals surface area contributed by atoms with Gasteiger partial charge in [-0.2, -0.15) is 0 Å². The number of furan rings is 1. The molecule has 0 spiro atoms. The summed E-state index contributed by atoms with van der Waals surface area (Å²) >= 11 is 1.77. The minimum Gasteiger partial charge on any atom is -0.455 e. The first-order valence-corrected chi connectivity index (χ1v) is 18.3. The summed E-state index contributed by atoms with van der Waals surface area (Å²) in [5, 5.41) is 4.30. The Morgan fingerprint density at radius 3 is 1.89 bits per heavy atom. The first kappa shape index (κ1) is 29.7. The average molecular weight is 698 g/mol. The SMILES string of the molecule is c1ccc(-c2nc(-c3cccc4c3oc3ccccc34)nc(-c3cccc4sc5cccc(-c6nc7ccccc7n6-c6ccccc6)c5c34)n2)cc1. The molecule has 0 fully saturated rings. The van der Waals surface area contributed by atoms with Crippen molar-refractivity contribution in [3.05, 3.63) is 164 Å². The fourth-order valence-corrected chi connectivity index (χ4v) is 8.70. The second-order valence-corrected chi connectivity index (χ2v) is 14.1. The third-order valence-corrected chi connectivity index (χ3v) is 11.0. The van der Waals surface area contributed by atoms with Crippen LogP contribution in [0.1, 0.15) is 0 Å². The normalized spacial score (nSPS) is 11.8. The molecule has 0 saturated carbocycles. The maximum absolute atomic E-state index is 6.47. The Labute approximate surface area is 307 Å². The Hall–Kier alpha value is -6.96. The van der Waals surface area contributed by atoms with Crippen molar-refractivity contribution in [2.24, 2.45) is 0 Å². The Balaban J connectivity index is 1.20. The zero-order valence-electron chi connectivity index (χ0n) is 28.1. The maximum atomic E-state index is 6.47. The number of fused-ring (bicyclic) bond motifs is 7. The van der Waals surface area contributed by atoms with E-state index >= 15 is 0 Å². The highest BCUT2D eigenvalue weighted by molar-refractivity contribution is 7.26. The Bertz CT molecular complexity index is 3180. The van der Waals surface area contributed by atoms with Crippen LogP contribution < -0.4 is 0 Å². The highest BCUT2D eigenvalue weighted by Crippen LogP contribution is 2.45. The molecule has 11 aromatic rings.